The van der Waals surface area contributed by atoms with Crippen LogP contribution in [0.5, 0.6) is 0 Å². The van der Waals surface area contributed by atoms with E-state index < -0.39 is 0 Å². The molecule has 1 amide bonds. The lowest BCUT2D eigenvalue weighted by atomic mass is 10.3. The fraction of sp³-hybridized carbons (Fsp3) is 0.462. The highest BCUT2D eigenvalue weighted by molar-refractivity contribution is 9.10. The first-order valence-electron chi connectivity index (χ1n) is 6.14. The van der Waals surface area contributed by atoms with E-state index in [1.54, 1.807) is 18.2 Å². The zero-order valence-corrected chi connectivity index (χ0v) is 12.5. The third-order valence-electron chi connectivity index (χ3n) is 2.22. The Morgan fingerprint density at radius 2 is 2.05 bits per heavy atom. The van der Waals surface area contributed by atoms with Crippen molar-refractivity contribution < 1.29 is 14.3 Å². The minimum absolute atomic E-state index is 0.00625. The van der Waals surface area contributed by atoms with Crippen LogP contribution in [0.1, 0.15) is 13.3 Å². The van der Waals surface area contributed by atoms with Crippen LogP contribution in [0.4, 0.5) is 11.4 Å². The molecule has 1 aromatic carbocycles. The molecule has 0 saturated carbocycles. The van der Waals surface area contributed by atoms with Crippen molar-refractivity contribution in [3.63, 3.8) is 0 Å². The molecule has 0 aromatic heterocycles. The maximum Gasteiger partial charge on any atom is 0.250 e. The Kier molecular flexibility index (Phi) is 7.47. The van der Waals surface area contributed by atoms with Crippen LogP contribution < -0.4 is 11.1 Å². The van der Waals surface area contributed by atoms with Crippen molar-refractivity contribution in [3.05, 3.63) is 22.7 Å². The van der Waals surface area contributed by atoms with Gasteiger partial charge in [-0.05, 0) is 40.5 Å². The molecule has 0 radical (unpaired) electrons. The van der Waals surface area contributed by atoms with E-state index in [-0.39, 0.29) is 12.5 Å². The van der Waals surface area contributed by atoms with Crippen LogP contribution in [0, 0.1) is 0 Å². The molecule has 0 aliphatic rings. The first-order valence-corrected chi connectivity index (χ1v) is 6.93. The minimum Gasteiger partial charge on any atom is -0.399 e. The Morgan fingerprint density at radius 1 is 1.32 bits per heavy atom. The number of hydrogen-bond donors (Lipinski definition) is 2. The molecule has 0 aliphatic heterocycles. The fourth-order valence-electron chi connectivity index (χ4n) is 1.35. The third-order valence-corrected chi connectivity index (χ3v) is 2.88. The van der Waals surface area contributed by atoms with Crippen LogP contribution in [0.25, 0.3) is 0 Å². The Labute approximate surface area is 121 Å². The standard InChI is InChI=1S/C13H19BrN2O3/c1-2-5-18-6-7-19-9-13(17)16-12-4-3-10(15)8-11(12)14/h3-4,8H,2,5-7,9,15H2,1H3,(H,16,17). The van der Waals surface area contributed by atoms with Gasteiger partial charge in [0.15, 0.2) is 0 Å². The number of hydrogen-bond acceptors (Lipinski definition) is 4. The van der Waals surface area contributed by atoms with Crippen LogP contribution in [-0.2, 0) is 14.3 Å². The fourth-order valence-corrected chi connectivity index (χ4v) is 1.84. The van der Waals surface area contributed by atoms with Gasteiger partial charge in [-0.15, -0.1) is 0 Å². The number of nitrogens with two attached hydrogens (primary N) is 1. The molecule has 0 aliphatic carbocycles. The van der Waals surface area contributed by atoms with Crippen molar-refractivity contribution in [2.24, 2.45) is 0 Å². The van der Waals surface area contributed by atoms with Crippen molar-refractivity contribution in [1.82, 2.24) is 0 Å². The molecule has 3 N–H and O–H groups in total. The number of carbonyl (C=O) groups excluding carboxylic acids is 1. The summed E-state index contributed by atoms with van der Waals surface area (Å²) < 4.78 is 11.2. The van der Waals surface area contributed by atoms with E-state index in [1.807, 2.05) is 6.92 Å². The molecular weight excluding hydrogens is 312 g/mol. The summed E-state index contributed by atoms with van der Waals surface area (Å²) in [6, 6.07) is 5.19. The maximum atomic E-state index is 11.6. The maximum absolute atomic E-state index is 11.6. The number of carbonyl (C=O) groups is 1. The molecule has 1 rings (SSSR count). The van der Waals surface area contributed by atoms with Crippen molar-refractivity contribution in [1.29, 1.82) is 0 Å². The van der Waals surface area contributed by atoms with Gasteiger partial charge in [-0.25, -0.2) is 0 Å². The van der Waals surface area contributed by atoms with Crippen molar-refractivity contribution >= 4 is 33.2 Å². The third kappa shape index (κ3) is 6.56. The summed E-state index contributed by atoms with van der Waals surface area (Å²) in [6.07, 6.45) is 0.978. The van der Waals surface area contributed by atoms with Gasteiger partial charge in [-0.2, -0.15) is 0 Å². The smallest absolute Gasteiger partial charge is 0.250 e. The van der Waals surface area contributed by atoms with Crippen LogP contribution >= 0.6 is 15.9 Å². The van der Waals surface area contributed by atoms with Gasteiger partial charge in [0.1, 0.15) is 6.61 Å². The molecule has 106 valence electrons. The predicted molar refractivity (Wildman–Crippen MR) is 79.1 cm³/mol. The molecular formula is C13H19BrN2O3. The Balaban J connectivity index is 2.23. The van der Waals surface area contributed by atoms with Gasteiger partial charge in [-0.1, -0.05) is 6.92 Å². The highest BCUT2D eigenvalue weighted by Gasteiger charge is 2.05. The van der Waals surface area contributed by atoms with E-state index in [0.717, 1.165) is 10.9 Å². The Morgan fingerprint density at radius 3 is 2.74 bits per heavy atom. The average molecular weight is 331 g/mol. The first kappa shape index (κ1) is 15.9. The van der Waals surface area contributed by atoms with Gasteiger partial charge in [0.25, 0.3) is 0 Å². The lowest BCUT2D eigenvalue weighted by Crippen LogP contribution is -2.20. The molecule has 1 aromatic rings. The zero-order valence-electron chi connectivity index (χ0n) is 10.9. The summed E-state index contributed by atoms with van der Waals surface area (Å²) in [5.74, 6) is -0.207. The number of nitrogen functional groups attached to an aromatic ring is 1. The quantitative estimate of drug-likeness (QED) is 0.567. The number of nitrogens with one attached hydrogen (secondary N) is 1. The van der Waals surface area contributed by atoms with Crippen molar-refractivity contribution in [3.8, 4) is 0 Å². The molecule has 0 heterocycles. The molecule has 0 fully saturated rings. The monoisotopic (exact) mass is 330 g/mol. The van der Waals surface area contributed by atoms with Gasteiger partial charge >= 0.3 is 0 Å². The van der Waals surface area contributed by atoms with Crippen LogP contribution in [0.2, 0.25) is 0 Å². The van der Waals surface area contributed by atoms with Crippen molar-refractivity contribution in [2.45, 2.75) is 13.3 Å². The summed E-state index contributed by atoms with van der Waals surface area (Å²) in [4.78, 5) is 11.6. The summed E-state index contributed by atoms with van der Waals surface area (Å²) in [5.41, 5.74) is 6.92. The second-order valence-electron chi connectivity index (χ2n) is 3.95. The lowest BCUT2D eigenvalue weighted by Gasteiger charge is -2.08. The number of ether oxygens (including phenoxy) is 2. The first-order chi connectivity index (χ1) is 9.13. The number of rotatable bonds is 8. The number of amides is 1. The topological polar surface area (TPSA) is 73.6 Å². The van der Waals surface area contributed by atoms with Crippen LogP contribution in [0.3, 0.4) is 0 Å². The summed E-state index contributed by atoms with van der Waals surface area (Å²) >= 11 is 3.33. The van der Waals surface area contributed by atoms with Gasteiger partial charge in [0.05, 0.1) is 18.9 Å². The molecule has 0 bridgehead atoms. The summed E-state index contributed by atoms with van der Waals surface area (Å²) in [7, 11) is 0. The van der Waals surface area contributed by atoms with E-state index in [2.05, 4.69) is 21.2 Å². The SMILES string of the molecule is CCCOCCOCC(=O)Nc1ccc(N)cc1Br. The van der Waals surface area contributed by atoms with E-state index in [1.165, 1.54) is 0 Å². The number of halogens is 1. The van der Waals surface area contributed by atoms with Crippen molar-refractivity contribution in [2.75, 3.05) is 37.5 Å². The van der Waals surface area contributed by atoms with Gasteiger partial charge < -0.3 is 20.5 Å². The van der Waals surface area contributed by atoms with Crippen LogP contribution in [-0.4, -0.2) is 32.3 Å². The predicted octanol–water partition coefficient (Wildman–Crippen LogP) is 2.41. The van der Waals surface area contributed by atoms with Gasteiger partial charge in [0, 0.05) is 16.8 Å². The molecule has 19 heavy (non-hydrogen) atoms. The normalized spacial score (nSPS) is 10.4. The molecule has 0 spiro atoms. The second kappa shape index (κ2) is 8.90. The number of anilines is 2. The highest BCUT2D eigenvalue weighted by Crippen LogP contribution is 2.24. The van der Waals surface area contributed by atoms with Gasteiger partial charge in [-0.3, -0.25) is 4.79 Å². The average Bonchev–Trinajstić information content (AvgIpc) is 2.37. The minimum atomic E-state index is -0.207. The molecule has 0 saturated heterocycles. The molecule has 0 atom stereocenters. The zero-order chi connectivity index (χ0) is 14.1. The highest BCUT2D eigenvalue weighted by atomic mass is 79.9. The van der Waals surface area contributed by atoms with Crippen LogP contribution in [0.15, 0.2) is 22.7 Å². The molecule has 0 unspecified atom stereocenters. The molecule has 6 heteroatoms. The van der Waals surface area contributed by atoms with Gasteiger partial charge in [0.2, 0.25) is 5.91 Å². The van der Waals surface area contributed by atoms with E-state index in [9.17, 15) is 4.79 Å². The van der Waals surface area contributed by atoms with E-state index >= 15 is 0 Å². The van der Waals surface area contributed by atoms with E-state index in [0.29, 0.717) is 31.2 Å². The summed E-state index contributed by atoms with van der Waals surface area (Å²) in [5, 5.41) is 2.73. The lowest BCUT2D eigenvalue weighted by molar-refractivity contribution is -0.121. The Bertz CT molecular complexity index is 413. The molecule has 5 nitrogen and oxygen atoms in total. The second-order valence-corrected chi connectivity index (χ2v) is 4.81. The largest absolute Gasteiger partial charge is 0.399 e. The summed E-state index contributed by atoms with van der Waals surface area (Å²) in [6.45, 7) is 3.68. The number of benzene rings is 1. The Hall–Kier alpha value is -1.11. The van der Waals surface area contributed by atoms with E-state index in [4.69, 9.17) is 15.2 Å².